The van der Waals surface area contributed by atoms with Crippen LogP contribution in [0.2, 0.25) is 0 Å². The van der Waals surface area contributed by atoms with Gasteiger partial charge in [0.1, 0.15) is 11.5 Å². The predicted octanol–water partition coefficient (Wildman–Crippen LogP) is 3.48. The predicted molar refractivity (Wildman–Crippen MR) is 137 cm³/mol. The highest BCUT2D eigenvalue weighted by atomic mass is 19.4. The number of benzene rings is 2. The van der Waals surface area contributed by atoms with Gasteiger partial charge in [0.15, 0.2) is 0 Å². The molecule has 0 atom stereocenters. The second kappa shape index (κ2) is 10.2. The Bertz CT molecular complexity index is 1540. The standard InChI is InChI=1S/C27H25F3N4O6/c1-38-17-8-14(9-18(11-17)39-2)23-19-4-3-5-20(19)24(35)34(32-23)22-10-16(6-7-21(22)27(28,29)30)33-12-15(13-33)25(36)40-26(31)37/h6-11,15H,3-5,12-13H2,1-2H3,(H2,31,37). The molecule has 1 amide bonds. The summed E-state index contributed by atoms with van der Waals surface area (Å²) in [4.78, 5) is 38.0. The van der Waals surface area contributed by atoms with Crippen LogP contribution < -0.4 is 25.7 Å². The van der Waals surface area contributed by atoms with Crippen LogP contribution in [-0.4, -0.2) is 49.2 Å². The minimum atomic E-state index is -4.78. The summed E-state index contributed by atoms with van der Waals surface area (Å²) in [5.74, 6) is -0.568. The van der Waals surface area contributed by atoms with Crippen LogP contribution >= 0.6 is 0 Å². The van der Waals surface area contributed by atoms with E-state index in [1.165, 1.54) is 26.4 Å². The van der Waals surface area contributed by atoms with Gasteiger partial charge in [-0.05, 0) is 55.2 Å². The van der Waals surface area contributed by atoms with Gasteiger partial charge in [-0.1, -0.05) is 0 Å². The van der Waals surface area contributed by atoms with Crippen LogP contribution in [-0.2, 0) is 28.5 Å². The first-order valence-electron chi connectivity index (χ1n) is 12.4. The van der Waals surface area contributed by atoms with Gasteiger partial charge in [0, 0.05) is 36.0 Å². The Labute approximate surface area is 226 Å². The molecule has 10 nitrogen and oxygen atoms in total. The second-order valence-electron chi connectivity index (χ2n) is 9.52. The normalized spacial score (nSPS) is 14.9. The zero-order chi connectivity index (χ0) is 28.8. The molecule has 1 aliphatic heterocycles. The highest BCUT2D eigenvalue weighted by Gasteiger charge is 2.38. The van der Waals surface area contributed by atoms with Crippen LogP contribution in [0.15, 0.2) is 41.2 Å². The molecule has 1 aliphatic carbocycles. The molecule has 210 valence electrons. The number of hydrogen-bond donors (Lipinski definition) is 1. The van der Waals surface area contributed by atoms with Gasteiger partial charge in [-0.15, -0.1) is 0 Å². The zero-order valence-corrected chi connectivity index (χ0v) is 21.6. The molecule has 13 heteroatoms. The number of methoxy groups -OCH3 is 2. The fourth-order valence-corrected chi connectivity index (χ4v) is 5.07. The van der Waals surface area contributed by atoms with Crippen LogP contribution in [0.1, 0.15) is 23.1 Å². The summed E-state index contributed by atoms with van der Waals surface area (Å²) in [6.45, 7) is 0.191. The lowest BCUT2D eigenvalue weighted by atomic mass is 9.98. The quantitative estimate of drug-likeness (QED) is 0.360. The number of fused-ring (bicyclic) bond motifs is 1. The highest BCUT2D eigenvalue weighted by molar-refractivity contribution is 5.87. The third-order valence-electron chi connectivity index (χ3n) is 7.08. The van der Waals surface area contributed by atoms with E-state index in [0.717, 1.165) is 10.7 Å². The van der Waals surface area contributed by atoms with E-state index in [0.29, 0.717) is 58.8 Å². The summed E-state index contributed by atoms with van der Waals surface area (Å²) < 4.78 is 58.5. The maximum absolute atomic E-state index is 14.2. The molecule has 2 N–H and O–H groups in total. The molecule has 2 aliphatic rings. The molecule has 0 saturated carbocycles. The number of nitrogens with zero attached hydrogens (tertiary/aromatic N) is 3. The first-order valence-corrected chi connectivity index (χ1v) is 12.4. The smallest absolute Gasteiger partial charge is 0.418 e. The Morgan fingerprint density at radius 2 is 1.65 bits per heavy atom. The van der Waals surface area contributed by atoms with E-state index >= 15 is 0 Å². The first kappa shape index (κ1) is 27.0. The molecule has 0 radical (unpaired) electrons. The third kappa shape index (κ3) is 4.94. The Morgan fingerprint density at radius 1 is 1.00 bits per heavy atom. The topological polar surface area (TPSA) is 126 Å². The fraction of sp³-hybridized carbons (Fsp3) is 0.333. The number of rotatable bonds is 6. The number of amides is 1. The van der Waals surface area contributed by atoms with E-state index in [2.05, 4.69) is 9.84 Å². The van der Waals surface area contributed by atoms with Crippen molar-refractivity contribution in [1.82, 2.24) is 9.78 Å². The molecule has 2 aromatic carbocycles. The number of aromatic nitrogens is 2. The van der Waals surface area contributed by atoms with Gasteiger partial charge >= 0.3 is 18.2 Å². The molecule has 0 unspecified atom stereocenters. The van der Waals surface area contributed by atoms with Gasteiger partial charge < -0.3 is 24.8 Å². The Kier molecular flexibility index (Phi) is 6.90. The highest BCUT2D eigenvalue weighted by Crippen LogP contribution is 2.39. The van der Waals surface area contributed by atoms with Crippen LogP contribution in [0.3, 0.4) is 0 Å². The van der Waals surface area contributed by atoms with Gasteiger partial charge in [-0.25, -0.2) is 4.79 Å². The van der Waals surface area contributed by atoms with Gasteiger partial charge in [-0.2, -0.15) is 23.0 Å². The molecule has 5 rings (SSSR count). The Morgan fingerprint density at radius 3 is 2.25 bits per heavy atom. The van der Waals surface area contributed by atoms with Crippen LogP contribution in [0.5, 0.6) is 11.5 Å². The molecule has 0 spiro atoms. The SMILES string of the molecule is COc1cc(OC)cc(-c2nn(-c3cc(N4CC(C(=O)OC(N)=O)C4)ccc3C(F)(F)F)c(=O)c3c2CCC3)c1. The van der Waals surface area contributed by atoms with E-state index in [-0.39, 0.29) is 13.1 Å². The number of halogens is 3. The molecule has 40 heavy (non-hydrogen) atoms. The Hall–Kier alpha value is -4.55. The lowest BCUT2D eigenvalue weighted by Crippen LogP contribution is -2.51. The van der Waals surface area contributed by atoms with Crippen LogP contribution in [0, 0.1) is 5.92 Å². The lowest BCUT2D eigenvalue weighted by molar-refractivity contribution is -0.142. The zero-order valence-electron chi connectivity index (χ0n) is 21.6. The summed E-state index contributed by atoms with van der Waals surface area (Å²) >= 11 is 0. The van der Waals surface area contributed by atoms with Crippen molar-refractivity contribution < 1.29 is 37.0 Å². The van der Waals surface area contributed by atoms with Gasteiger partial charge in [-0.3, -0.25) is 9.59 Å². The average Bonchev–Trinajstić information content (AvgIpc) is 3.37. The molecule has 1 fully saturated rings. The third-order valence-corrected chi connectivity index (χ3v) is 7.08. The van der Waals surface area contributed by atoms with Crippen molar-refractivity contribution in [3.05, 3.63) is 63.4 Å². The molecule has 1 aromatic heterocycles. The van der Waals surface area contributed by atoms with Crippen molar-refractivity contribution in [3.63, 3.8) is 0 Å². The van der Waals surface area contributed by atoms with Gasteiger partial charge in [0.2, 0.25) is 0 Å². The summed E-state index contributed by atoms with van der Waals surface area (Å²) in [5.41, 5.74) is 5.10. The van der Waals surface area contributed by atoms with E-state index in [9.17, 15) is 27.6 Å². The number of alkyl halides is 3. The van der Waals surface area contributed by atoms with Crippen molar-refractivity contribution in [2.75, 3.05) is 32.2 Å². The maximum Gasteiger partial charge on any atom is 0.418 e. The first-order chi connectivity index (χ1) is 19.0. The molecule has 1 saturated heterocycles. The number of carbonyl (C=O) groups excluding carboxylic acids is 2. The van der Waals surface area contributed by atoms with E-state index in [4.69, 9.17) is 15.2 Å². The van der Waals surface area contributed by atoms with E-state index in [1.54, 1.807) is 23.1 Å². The Balaban J connectivity index is 1.63. The molecule has 2 heterocycles. The summed E-state index contributed by atoms with van der Waals surface area (Å²) in [5, 5.41) is 4.48. The lowest BCUT2D eigenvalue weighted by Gasteiger charge is -2.39. The number of hydrogen-bond acceptors (Lipinski definition) is 8. The molecular weight excluding hydrogens is 533 g/mol. The molecule has 3 aromatic rings. The van der Waals surface area contributed by atoms with Crippen molar-refractivity contribution in [2.45, 2.75) is 25.4 Å². The van der Waals surface area contributed by atoms with Crippen molar-refractivity contribution in [1.29, 1.82) is 0 Å². The van der Waals surface area contributed by atoms with Gasteiger partial charge in [0.25, 0.3) is 5.56 Å². The summed E-state index contributed by atoms with van der Waals surface area (Å²) in [6.07, 6.45) is -4.40. The number of primary amides is 1. The number of nitrogens with two attached hydrogens (primary N) is 1. The fourth-order valence-electron chi connectivity index (χ4n) is 5.07. The summed E-state index contributed by atoms with van der Waals surface area (Å²) in [6, 6.07) is 8.40. The van der Waals surface area contributed by atoms with Crippen molar-refractivity contribution in [2.24, 2.45) is 11.7 Å². The molecule has 0 bridgehead atoms. The minimum absolute atomic E-state index is 0.0955. The minimum Gasteiger partial charge on any atom is -0.497 e. The van der Waals surface area contributed by atoms with Crippen molar-refractivity contribution >= 4 is 17.7 Å². The number of anilines is 1. The van der Waals surface area contributed by atoms with Crippen LogP contribution in [0.4, 0.5) is 23.7 Å². The number of ether oxygens (including phenoxy) is 3. The van der Waals surface area contributed by atoms with Crippen LogP contribution in [0.25, 0.3) is 16.9 Å². The van der Waals surface area contributed by atoms with E-state index < -0.39 is 41.0 Å². The largest absolute Gasteiger partial charge is 0.497 e. The average molecular weight is 559 g/mol. The second-order valence-corrected chi connectivity index (χ2v) is 9.52. The number of carbonyl (C=O) groups is 2. The maximum atomic E-state index is 14.2. The monoisotopic (exact) mass is 558 g/mol. The number of esters is 1. The summed E-state index contributed by atoms with van der Waals surface area (Å²) in [7, 11) is 2.96. The van der Waals surface area contributed by atoms with Gasteiger partial charge in [0.05, 0.1) is 37.1 Å². The van der Waals surface area contributed by atoms with Crippen molar-refractivity contribution in [3.8, 4) is 28.4 Å². The molecular formula is C27H25F3N4O6. The van der Waals surface area contributed by atoms with E-state index in [1.807, 2.05) is 0 Å².